The van der Waals surface area contributed by atoms with Gasteiger partial charge in [0, 0.05) is 28.2 Å². The van der Waals surface area contributed by atoms with Gasteiger partial charge in [0.05, 0.1) is 17.5 Å². The van der Waals surface area contributed by atoms with Gasteiger partial charge in [-0.15, -0.1) is 5.10 Å². The molecule has 1 N–H and O–H groups in total. The third kappa shape index (κ3) is 3.51. The van der Waals surface area contributed by atoms with Crippen LogP contribution >= 0.6 is 0 Å². The van der Waals surface area contributed by atoms with Gasteiger partial charge < -0.3 is 5.32 Å². The number of nitrogens with zero attached hydrogens (tertiary/aromatic N) is 3. The molecular weight excluding hydrogens is 365 g/mol. The van der Waals surface area contributed by atoms with Crippen LogP contribution in [0.15, 0.2) is 67.0 Å². The van der Waals surface area contributed by atoms with Crippen LogP contribution in [0.1, 0.15) is 11.1 Å². The second-order valence-electron chi connectivity index (χ2n) is 6.36. The van der Waals surface area contributed by atoms with Crippen molar-refractivity contribution in [1.82, 2.24) is 15.2 Å². The number of pyridine rings is 1. The number of anilines is 2. The van der Waals surface area contributed by atoms with E-state index in [0.29, 0.717) is 11.5 Å². The van der Waals surface area contributed by atoms with Gasteiger partial charge in [-0.3, -0.25) is 4.98 Å². The summed E-state index contributed by atoms with van der Waals surface area (Å²) in [5.41, 5.74) is 2.71. The lowest BCUT2D eigenvalue weighted by Gasteiger charge is -2.11. The quantitative estimate of drug-likeness (QED) is 0.491. The van der Waals surface area contributed by atoms with E-state index in [2.05, 4.69) is 20.5 Å². The van der Waals surface area contributed by atoms with Crippen LogP contribution in [0.3, 0.4) is 0 Å². The molecule has 0 aliphatic carbocycles. The van der Waals surface area contributed by atoms with Gasteiger partial charge in [-0.1, -0.05) is 12.1 Å². The fourth-order valence-electron chi connectivity index (χ4n) is 2.99. The molecule has 0 saturated carbocycles. The van der Waals surface area contributed by atoms with E-state index in [1.54, 1.807) is 12.4 Å². The van der Waals surface area contributed by atoms with E-state index in [4.69, 9.17) is 0 Å². The lowest BCUT2D eigenvalue weighted by atomic mass is 10.0. The average molecular weight is 380 g/mol. The summed E-state index contributed by atoms with van der Waals surface area (Å²) in [5.74, 6) is 0.474. The minimum Gasteiger partial charge on any atom is -0.338 e. The molecule has 0 fully saturated rings. The Morgan fingerprint density at radius 2 is 1.75 bits per heavy atom. The maximum atomic E-state index is 12.7. The van der Waals surface area contributed by atoms with E-state index in [1.807, 2.05) is 37.3 Å². The zero-order valence-corrected chi connectivity index (χ0v) is 14.8. The molecule has 2 heterocycles. The molecular formula is C21H15F3N4. The minimum atomic E-state index is -4.36. The standard InChI is InChI=1S/C21H15F3N4/c1-13-3-2-10-25-19(13)14-4-9-18-15(11-14)12-26-28-20(18)27-17-7-5-16(6-8-17)21(22,23)24/h2-12H,1H3,(H,27,28). The van der Waals surface area contributed by atoms with E-state index in [0.717, 1.165) is 39.7 Å². The molecule has 0 aliphatic heterocycles. The molecule has 4 aromatic rings. The van der Waals surface area contributed by atoms with Crippen LogP contribution in [0.25, 0.3) is 22.0 Å². The fraction of sp³-hybridized carbons (Fsp3) is 0.0952. The second-order valence-corrected chi connectivity index (χ2v) is 6.36. The minimum absolute atomic E-state index is 0.474. The Labute approximate surface area is 159 Å². The topological polar surface area (TPSA) is 50.7 Å². The summed E-state index contributed by atoms with van der Waals surface area (Å²) in [7, 11) is 0. The third-order valence-corrected chi connectivity index (χ3v) is 4.42. The molecule has 0 spiro atoms. The maximum Gasteiger partial charge on any atom is 0.416 e. The second kappa shape index (κ2) is 6.92. The first-order valence-corrected chi connectivity index (χ1v) is 8.53. The van der Waals surface area contributed by atoms with Crippen molar-refractivity contribution in [2.24, 2.45) is 0 Å². The first-order chi connectivity index (χ1) is 13.4. The first-order valence-electron chi connectivity index (χ1n) is 8.53. The number of benzene rings is 2. The van der Waals surface area contributed by atoms with Crippen LogP contribution in [-0.4, -0.2) is 15.2 Å². The predicted molar refractivity (Wildman–Crippen MR) is 102 cm³/mol. The van der Waals surface area contributed by atoms with Gasteiger partial charge in [0.25, 0.3) is 0 Å². The molecule has 140 valence electrons. The van der Waals surface area contributed by atoms with Crippen molar-refractivity contribution in [3.8, 4) is 11.3 Å². The van der Waals surface area contributed by atoms with E-state index >= 15 is 0 Å². The molecule has 28 heavy (non-hydrogen) atoms. The summed E-state index contributed by atoms with van der Waals surface area (Å²) in [5, 5.41) is 12.8. The molecule has 4 rings (SSSR count). The van der Waals surface area contributed by atoms with Crippen molar-refractivity contribution >= 4 is 22.3 Å². The number of fused-ring (bicyclic) bond motifs is 1. The molecule has 0 radical (unpaired) electrons. The van der Waals surface area contributed by atoms with Gasteiger partial charge in [-0.05, 0) is 55.0 Å². The van der Waals surface area contributed by atoms with Crippen LogP contribution in [0.5, 0.6) is 0 Å². The fourth-order valence-corrected chi connectivity index (χ4v) is 2.99. The van der Waals surface area contributed by atoms with Crippen molar-refractivity contribution in [3.05, 3.63) is 78.1 Å². The van der Waals surface area contributed by atoms with Crippen molar-refractivity contribution in [1.29, 1.82) is 0 Å². The average Bonchev–Trinajstić information content (AvgIpc) is 2.68. The normalized spacial score (nSPS) is 11.6. The Morgan fingerprint density at radius 3 is 2.46 bits per heavy atom. The van der Waals surface area contributed by atoms with Gasteiger partial charge in [0.1, 0.15) is 0 Å². The summed E-state index contributed by atoms with van der Waals surface area (Å²) >= 11 is 0. The number of rotatable bonds is 3. The third-order valence-electron chi connectivity index (χ3n) is 4.42. The Bertz CT molecular complexity index is 1140. The number of nitrogens with one attached hydrogen (secondary N) is 1. The largest absolute Gasteiger partial charge is 0.416 e. The highest BCUT2D eigenvalue weighted by Gasteiger charge is 2.29. The molecule has 0 bridgehead atoms. The Balaban J connectivity index is 1.68. The van der Waals surface area contributed by atoms with Crippen LogP contribution in [-0.2, 0) is 6.18 Å². The monoisotopic (exact) mass is 380 g/mol. The van der Waals surface area contributed by atoms with E-state index in [1.165, 1.54) is 12.1 Å². The molecule has 0 amide bonds. The van der Waals surface area contributed by atoms with E-state index in [9.17, 15) is 13.2 Å². The van der Waals surface area contributed by atoms with Gasteiger partial charge in [-0.2, -0.15) is 18.3 Å². The lowest BCUT2D eigenvalue weighted by Crippen LogP contribution is -2.04. The summed E-state index contributed by atoms with van der Waals surface area (Å²) in [4.78, 5) is 4.43. The van der Waals surface area contributed by atoms with Crippen molar-refractivity contribution in [2.45, 2.75) is 13.1 Å². The predicted octanol–water partition coefficient (Wildman–Crippen LogP) is 5.76. The number of aryl methyl sites for hydroxylation is 1. The van der Waals surface area contributed by atoms with Crippen LogP contribution in [0.4, 0.5) is 24.7 Å². The molecule has 0 aliphatic rings. The van der Waals surface area contributed by atoms with Crippen LogP contribution < -0.4 is 5.32 Å². The molecule has 0 saturated heterocycles. The molecule has 7 heteroatoms. The Kier molecular flexibility index (Phi) is 4.43. The summed E-state index contributed by atoms with van der Waals surface area (Å²) < 4.78 is 38.1. The highest BCUT2D eigenvalue weighted by atomic mass is 19.4. The summed E-state index contributed by atoms with van der Waals surface area (Å²) in [6.07, 6.45) is -0.970. The zero-order chi connectivity index (χ0) is 19.7. The SMILES string of the molecule is Cc1cccnc1-c1ccc2c(Nc3ccc(C(F)(F)F)cc3)nncc2c1. The van der Waals surface area contributed by atoms with Gasteiger partial charge in [-0.25, -0.2) is 0 Å². The van der Waals surface area contributed by atoms with Crippen LogP contribution in [0, 0.1) is 6.92 Å². The zero-order valence-electron chi connectivity index (χ0n) is 14.8. The van der Waals surface area contributed by atoms with Crippen molar-refractivity contribution in [2.75, 3.05) is 5.32 Å². The molecule has 2 aromatic heterocycles. The highest BCUT2D eigenvalue weighted by molar-refractivity contribution is 5.95. The number of halogens is 3. The summed E-state index contributed by atoms with van der Waals surface area (Å²) in [6, 6.07) is 14.5. The molecule has 0 atom stereocenters. The van der Waals surface area contributed by atoms with Gasteiger partial charge in [0.15, 0.2) is 5.82 Å². The molecule has 0 unspecified atom stereocenters. The van der Waals surface area contributed by atoms with Gasteiger partial charge >= 0.3 is 6.18 Å². The maximum absolute atomic E-state index is 12.7. The van der Waals surface area contributed by atoms with E-state index < -0.39 is 11.7 Å². The van der Waals surface area contributed by atoms with Crippen molar-refractivity contribution < 1.29 is 13.2 Å². The highest BCUT2D eigenvalue weighted by Crippen LogP contribution is 2.32. The number of hydrogen-bond donors (Lipinski definition) is 1. The Hall–Kier alpha value is -3.48. The molecule has 4 nitrogen and oxygen atoms in total. The molecule has 2 aromatic carbocycles. The number of aromatic nitrogens is 3. The van der Waals surface area contributed by atoms with Crippen LogP contribution in [0.2, 0.25) is 0 Å². The number of hydrogen-bond acceptors (Lipinski definition) is 4. The lowest BCUT2D eigenvalue weighted by molar-refractivity contribution is -0.137. The first kappa shape index (κ1) is 17.9. The van der Waals surface area contributed by atoms with Crippen molar-refractivity contribution in [3.63, 3.8) is 0 Å². The van der Waals surface area contributed by atoms with E-state index in [-0.39, 0.29) is 0 Å². The number of alkyl halides is 3. The summed E-state index contributed by atoms with van der Waals surface area (Å²) in [6.45, 7) is 1.99. The smallest absolute Gasteiger partial charge is 0.338 e. The van der Waals surface area contributed by atoms with Gasteiger partial charge in [0.2, 0.25) is 0 Å². The Morgan fingerprint density at radius 1 is 0.964 bits per heavy atom.